The van der Waals surface area contributed by atoms with Crippen molar-refractivity contribution in [2.45, 2.75) is 31.7 Å². The van der Waals surface area contributed by atoms with Crippen molar-refractivity contribution in [1.82, 2.24) is 15.1 Å². The van der Waals surface area contributed by atoms with Gasteiger partial charge in [-0.15, -0.1) is 0 Å². The van der Waals surface area contributed by atoms with Crippen LogP contribution >= 0.6 is 11.6 Å². The van der Waals surface area contributed by atoms with E-state index < -0.39 is 0 Å². The van der Waals surface area contributed by atoms with Crippen molar-refractivity contribution in [2.75, 3.05) is 46.4 Å². The third-order valence-electron chi connectivity index (χ3n) is 5.22. The number of hydrogen-bond donors (Lipinski definition) is 1. The van der Waals surface area contributed by atoms with Crippen molar-refractivity contribution in [3.05, 3.63) is 28.8 Å². The second-order valence-electron chi connectivity index (χ2n) is 6.89. The maximum absolute atomic E-state index is 13.3. The molecule has 2 fully saturated rings. The zero-order chi connectivity index (χ0) is 17.6. The SMILES string of the molecule is COc1ccc(Cl)cc1C(=O)N(CCN1CCCC1)C1CCCNC1. The second-order valence-corrected chi connectivity index (χ2v) is 7.33. The molecule has 0 aromatic heterocycles. The molecule has 1 atom stereocenters. The second kappa shape index (κ2) is 8.88. The zero-order valence-electron chi connectivity index (χ0n) is 15.0. The fourth-order valence-electron chi connectivity index (χ4n) is 3.81. The first kappa shape index (κ1) is 18.5. The topological polar surface area (TPSA) is 44.8 Å². The molecule has 2 saturated heterocycles. The minimum Gasteiger partial charge on any atom is -0.496 e. The lowest BCUT2D eigenvalue weighted by Crippen LogP contribution is -2.51. The van der Waals surface area contributed by atoms with E-state index >= 15 is 0 Å². The van der Waals surface area contributed by atoms with Crippen LogP contribution in [0.15, 0.2) is 18.2 Å². The number of carbonyl (C=O) groups excluding carboxylic acids is 1. The lowest BCUT2D eigenvalue weighted by atomic mass is 10.0. The van der Waals surface area contributed by atoms with E-state index in [1.54, 1.807) is 25.3 Å². The minimum atomic E-state index is 0.0206. The van der Waals surface area contributed by atoms with Crippen LogP contribution in [-0.2, 0) is 0 Å². The lowest BCUT2D eigenvalue weighted by Gasteiger charge is -2.36. The number of nitrogens with zero attached hydrogens (tertiary/aromatic N) is 2. The summed E-state index contributed by atoms with van der Waals surface area (Å²) < 4.78 is 5.40. The normalized spacial score (nSPS) is 21.3. The molecule has 3 rings (SSSR count). The predicted molar refractivity (Wildman–Crippen MR) is 101 cm³/mol. The smallest absolute Gasteiger partial charge is 0.258 e. The molecule has 0 radical (unpaired) electrons. The molecule has 25 heavy (non-hydrogen) atoms. The Morgan fingerprint density at radius 3 is 2.84 bits per heavy atom. The molecule has 2 aliphatic rings. The summed E-state index contributed by atoms with van der Waals surface area (Å²) in [5.41, 5.74) is 0.557. The van der Waals surface area contributed by atoms with Gasteiger partial charge in [0.05, 0.1) is 12.7 Å². The Morgan fingerprint density at radius 2 is 2.16 bits per heavy atom. The van der Waals surface area contributed by atoms with E-state index in [1.165, 1.54) is 12.8 Å². The van der Waals surface area contributed by atoms with Crippen LogP contribution in [-0.4, -0.2) is 68.1 Å². The highest BCUT2D eigenvalue weighted by Gasteiger charge is 2.28. The molecule has 2 heterocycles. The van der Waals surface area contributed by atoms with Crippen LogP contribution in [0, 0.1) is 0 Å². The van der Waals surface area contributed by atoms with Crippen LogP contribution < -0.4 is 10.1 Å². The Morgan fingerprint density at radius 1 is 1.36 bits per heavy atom. The van der Waals surface area contributed by atoms with Gasteiger partial charge in [-0.3, -0.25) is 4.79 Å². The number of halogens is 1. The molecule has 0 spiro atoms. The van der Waals surface area contributed by atoms with Gasteiger partial charge in [0.25, 0.3) is 5.91 Å². The Kier molecular flexibility index (Phi) is 6.57. The molecule has 1 amide bonds. The summed E-state index contributed by atoms with van der Waals surface area (Å²) in [6, 6.07) is 5.48. The van der Waals surface area contributed by atoms with Crippen LogP contribution in [0.5, 0.6) is 5.75 Å². The number of ether oxygens (including phenoxy) is 1. The van der Waals surface area contributed by atoms with Gasteiger partial charge in [-0.05, 0) is 63.5 Å². The Bertz CT molecular complexity index is 584. The lowest BCUT2D eigenvalue weighted by molar-refractivity contribution is 0.0624. The van der Waals surface area contributed by atoms with Gasteiger partial charge < -0.3 is 19.9 Å². The maximum Gasteiger partial charge on any atom is 0.258 e. The van der Waals surface area contributed by atoms with Crippen LogP contribution in [0.1, 0.15) is 36.0 Å². The van der Waals surface area contributed by atoms with E-state index in [2.05, 4.69) is 10.2 Å². The van der Waals surface area contributed by atoms with Crippen LogP contribution in [0.3, 0.4) is 0 Å². The fraction of sp³-hybridized carbons (Fsp3) is 0.632. The summed E-state index contributed by atoms with van der Waals surface area (Å²) in [5, 5.41) is 3.99. The average Bonchev–Trinajstić information content (AvgIpc) is 3.16. The van der Waals surface area contributed by atoms with E-state index in [0.29, 0.717) is 16.3 Å². The molecule has 1 unspecified atom stereocenters. The molecular formula is C19H28ClN3O2. The summed E-state index contributed by atoms with van der Waals surface area (Å²) in [6.45, 7) is 5.86. The number of piperidine rings is 1. The fourth-order valence-corrected chi connectivity index (χ4v) is 3.98. The van der Waals surface area contributed by atoms with Gasteiger partial charge in [0, 0.05) is 30.7 Å². The quantitative estimate of drug-likeness (QED) is 0.841. The van der Waals surface area contributed by atoms with Crippen molar-refractivity contribution in [3.63, 3.8) is 0 Å². The van der Waals surface area contributed by atoms with Crippen molar-refractivity contribution >= 4 is 17.5 Å². The number of hydrogen-bond acceptors (Lipinski definition) is 4. The molecule has 1 aromatic carbocycles. The van der Waals surface area contributed by atoms with E-state index in [9.17, 15) is 4.79 Å². The van der Waals surface area contributed by atoms with Gasteiger partial charge in [0.15, 0.2) is 0 Å². The van der Waals surface area contributed by atoms with Gasteiger partial charge in [0.2, 0.25) is 0 Å². The van der Waals surface area contributed by atoms with Gasteiger partial charge in [-0.1, -0.05) is 11.6 Å². The van der Waals surface area contributed by atoms with E-state index in [-0.39, 0.29) is 11.9 Å². The molecule has 0 aliphatic carbocycles. The van der Waals surface area contributed by atoms with Crippen LogP contribution in [0.4, 0.5) is 0 Å². The minimum absolute atomic E-state index is 0.0206. The van der Waals surface area contributed by atoms with Crippen molar-refractivity contribution in [1.29, 1.82) is 0 Å². The molecule has 1 N–H and O–H groups in total. The highest BCUT2D eigenvalue weighted by atomic mass is 35.5. The number of nitrogens with one attached hydrogen (secondary N) is 1. The largest absolute Gasteiger partial charge is 0.496 e. The molecule has 138 valence electrons. The number of amides is 1. The Labute approximate surface area is 155 Å². The van der Waals surface area contributed by atoms with Gasteiger partial charge >= 0.3 is 0 Å². The number of benzene rings is 1. The van der Waals surface area contributed by atoms with Crippen molar-refractivity contribution < 1.29 is 9.53 Å². The summed E-state index contributed by atoms with van der Waals surface area (Å²) >= 11 is 6.14. The van der Waals surface area contributed by atoms with E-state index in [0.717, 1.165) is 52.1 Å². The number of methoxy groups -OCH3 is 1. The van der Waals surface area contributed by atoms with E-state index in [1.807, 2.05) is 4.90 Å². The summed E-state index contributed by atoms with van der Waals surface area (Å²) in [7, 11) is 1.59. The third-order valence-corrected chi connectivity index (χ3v) is 5.46. The molecule has 2 aliphatic heterocycles. The first-order chi connectivity index (χ1) is 12.2. The third kappa shape index (κ3) is 4.66. The average molecular weight is 366 g/mol. The number of rotatable bonds is 6. The maximum atomic E-state index is 13.3. The first-order valence-electron chi connectivity index (χ1n) is 9.26. The molecule has 0 saturated carbocycles. The van der Waals surface area contributed by atoms with E-state index in [4.69, 9.17) is 16.3 Å². The van der Waals surface area contributed by atoms with Crippen LogP contribution in [0.25, 0.3) is 0 Å². The molecular weight excluding hydrogens is 338 g/mol. The number of carbonyl (C=O) groups is 1. The molecule has 5 nitrogen and oxygen atoms in total. The standard InChI is InChI=1S/C19H28ClN3O2/c1-25-18-7-6-15(20)13-17(18)19(24)23(16-5-4-8-21-14-16)12-11-22-9-2-3-10-22/h6-7,13,16,21H,2-5,8-12,14H2,1H3. The van der Waals surface area contributed by atoms with Crippen molar-refractivity contribution in [2.24, 2.45) is 0 Å². The van der Waals surface area contributed by atoms with Gasteiger partial charge in [0.1, 0.15) is 5.75 Å². The first-order valence-corrected chi connectivity index (χ1v) is 9.64. The highest BCUT2D eigenvalue weighted by molar-refractivity contribution is 6.31. The zero-order valence-corrected chi connectivity index (χ0v) is 15.7. The predicted octanol–water partition coefficient (Wildman–Crippen LogP) is 2.64. The summed E-state index contributed by atoms with van der Waals surface area (Å²) in [6.07, 6.45) is 4.68. The summed E-state index contributed by atoms with van der Waals surface area (Å²) in [4.78, 5) is 17.8. The Hall–Kier alpha value is -1.30. The molecule has 1 aromatic rings. The highest BCUT2D eigenvalue weighted by Crippen LogP contribution is 2.26. The number of likely N-dealkylation sites (tertiary alicyclic amines) is 1. The van der Waals surface area contributed by atoms with Crippen LogP contribution in [0.2, 0.25) is 5.02 Å². The van der Waals surface area contributed by atoms with Gasteiger partial charge in [-0.2, -0.15) is 0 Å². The molecule has 6 heteroatoms. The summed E-state index contributed by atoms with van der Waals surface area (Å²) in [5.74, 6) is 0.608. The monoisotopic (exact) mass is 365 g/mol. The van der Waals surface area contributed by atoms with Gasteiger partial charge in [-0.25, -0.2) is 0 Å². The molecule has 0 bridgehead atoms. The van der Waals surface area contributed by atoms with Crippen molar-refractivity contribution in [3.8, 4) is 5.75 Å². The Balaban J connectivity index is 1.79.